The largest absolute Gasteiger partial charge is 0.345 e. The fourth-order valence-electron chi connectivity index (χ4n) is 2.18. The zero-order valence-corrected chi connectivity index (χ0v) is 14.4. The number of carbonyl (C=O) groups is 2. The minimum Gasteiger partial charge on any atom is -0.345 e. The van der Waals surface area contributed by atoms with Crippen molar-refractivity contribution in [2.45, 2.75) is 19.3 Å². The van der Waals surface area contributed by atoms with E-state index in [-0.39, 0.29) is 24.1 Å². The van der Waals surface area contributed by atoms with E-state index < -0.39 is 5.91 Å². The average Bonchev–Trinajstić information content (AvgIpc) is 2.84. The number of benzene rings is 1. The van der Waals surface area contributed by atoms with Gasteiger partial charge in [-0.15, -0.1) is 0 Å². The molecule has 2 aromatic rings. The second-order valence-corrected chi connectivity index (χ2v) is 6.23. The fraction of sp³-hybridized carbons (Fsp3) is 0.250. The number of hydrogen-bond donors (Lipinski definition) is 2. The maximum atomic E-state index is 12.9. The number of halogens is 2. The molecule has 1 aromatic carbocycles. The summed E-state index contributed by atoms with van der Waals surface area (Å²) < 4.78 is 15.3. The van der Waals surface area contributed by atoms with Crippen molar-refractivity contribution in [3.8, 4) is 0 Å². The molecule has 0 radical (unpaired) electrons. The van der Waals surface area contributed by atoms with Crippen molar-refractivity contribution in [2.24, 2.45) is 7.05 Å². The molecule has 2 amide bonds. The molecule has 0 aliphatic carbocycles. The van der Waals surface area contributed by atoms with Gasteiger partial charge in [0.2, 0.25) is 5.91 Å². The van der Waals surface area contributed by atoms with Gasteiger partial charge in [0.25, 0.3) is 5.91 Å². The van der Waals surface area contributed by atoms with Gasteiger partial charge in [-0.25, -0.2) is 4.39 Å². The van der Waals surface area contributed by atoms with E-state index in [0.29, 0.717) is 5.69 Å². The Kier molecular flexibility index (Phi) is 5.54. The third-order valence-corrected chi connectivity index (χ3v) is 3.88. The van der Waals surface area contributed by atoms with Gasteiger partial charge in [-0.3, -0.25) is 20.4 Å². The van der Waals surface area contributed by atoms with Crippen molar-refractivity contribution in [3.63, 3.8) is 0 Å². The predicted molar refractivity (Wildman–Crippen MR) is 88.2 cm³/mol. The van der Waals surface area contributed by atoms with Gasteiger partial charge in [0, 0.05) is 24.1 Å². The Morgan fingerprint density at radius 3 is 2.48 bits per heavy atom. The van der Waals surface area contributed by atoms with Crippen LogP contribution in [0.4, 0.5) is 4.39 Å². The first-order valence-electron chi connectivity index (χ1n) is 7.03. The van der Waals surface area contributed by atoms with E-state index in [2.05, 4.69) is 26.8 Å². The number of rotatable bonds is 4. The van der Waals surface area contributed by atoms with Gasteiger partial charge in [0.15, 0.2) is 0 Å². The summed E-state index contributed by atoms with van der Waals surface area (Å²) in [7, 11) is 1.73. The molecule has 2 rings (SSSR count). The monoisotopic (exact) mass is 381 g/mol. The van der Waals surface area contributed by atoms with E-state index in [9.17, 15) is 14.0 Å². The van der Waals surface area contributed by atoms with Crippen LogP contribution in [0.2, 0.25) is 0 Å². The van der Waals surface area contributed by atoms with Crippen LogP contribution in [0.25, 0.3) is 0 Å². The van der Waals surface area contributed by atoms with Crippen LogP contribution in [0.5, 0.6) is 0 Å². The lowest BCUT2D eigenvalue weighted by molar-refractivity contribution is -0.122. The lowest BCUT2D eigenvalue weighted by atomic mass is 9.98. The zero-order chi connectivity index (χ0) is 17.0. The SMILES string of the molecule is CC(CC(=O)NNC(=O)c1cc(Br)cn1C)c1ccc(F)cc1. The van der Waals surface area contributed by atoms with Gasteiger partial charge in [-0.05, 0) is 45.6 Å². The number of amides is 2. The molecule has 1 aromatic heterocycles. The highest BCUT2D eigenvalue weighted by molar-refractivity contribution is 9.10. The second kappa shape index (κ2) is 7.41. The number of hydrazine groups is 1. The smallest absolute Gasteiger partial charge is 0.286 e. The molecule has 23 heavy (non-hydrogen) atoms. The molecule has 1 atom stereocenters. The van der Waals surface area contributed by atoms with Gasteiger partial charge in [0.1, 0.15) is 11.5 Å². The lowest BCUT2D eigenvalue weighted by Gasteiger charge is -2.13. The molecule has 5 nitrogen and oxygen atoms in total. The van der Waals surface area contributed by atoms with Gasteiger partial charge in [-0.2, -0.15) is 0 Å². The van der Waals surface area contributed by atoms with E-state index in [0.717, 1.165) is 10.0 Å². The summed E-state index contributed by atoms with van der Waals surface area (Å²) in [6, 6.07) is 7.67. The van der Waals surface area contributed by atoms with Crippen molar-refractivity contribution >= 4 is 27.7 Å². The van der Waals surface area contributed by atoms with Crippen LogP contribution in [-0.2, 0) is 11.8 Å². The van der Waals surface area contributed by atoms with Crippen molar-refractivity contribution in [1.29, 1.82) is 0 Å². The summed E-state index contributed by atoms with van der Waals surface area (Å²) in [5, 5.41) is 0. The zero-order valence-electron chi connectivity index (χ0n) is 12.8. The first-order chi connectivity index (χ1) is 10.9. The van der Waals surface area contributed by atoms with Crippen LogP contribution in [-0.4, -0.2) is 16.4 Å². The molecule has 0 aliphatic rings. The van der Waals surface area contributed by atoms with E-state index in [1.807, 2.05) is 6.92 Å². The Balaban J connectivity index is 1.86. The Morgan fingerprint density at radius 1 is 1.26 bits per heavy atom. The normalized spacial score (nSPS) is 11.8. The summed E-state index contributed by atoms with van der Waals surface area (Å²) in [4.78, 5) is 23.9. The van der Waals surface area contributed by atoms with Crippen molar-refractivity contribution in [2.75, 3.05) is 0 Å². The minimum atomic E-state index is -0.402. The highest BCUT2D eigenvalue weighted by atomic mass is 79.9. The van der Waals surface area contributed by atoms with E-state index >= 15 is 0 Å². The Morgan fingerprint density at radius 2 is 1.91 bits per heavy atom. The molecule has 2 N–H and O–H groups in total. The standard InChI is InChI=1S/C16H17BrFN3O2/c1-10(11-3-5-13(18)6-4-11)7-15(22)19-20-16(23)14-8-12(17)9-21(14)2/h3-6,8-10H,7H2,1-2H3,(H,19,22)(H,20,23). The predicted octanol–water partition coefficient (Wildman–Crippen LogP) is 2.88. The van der Waals surface area contributed by atoms with Crippen LogP contribution in [0.15, 0.2) is 41.0 Å². The average molecular weight is 382 g/mol. The maximum absolute atomic E-state index is 12.9. The third-order valence-electron chi connectivity index (χ3n) is 3.45. The minimum absolute atomic E-state index is 0.0864. The third kappa shape index (κ3) is 4.66. The number of aromatic nitrogens is 1. The summed E-state index contributed by atoms with van der Waals surface area (Å²) in [6.07, 6.45) is 1.93. The summed E-state index contributed by atoms with van der Waals surface area (Å²) in [6.45, 7) is 1.86. The topological polar surface area (TPSA) is 63.1 Å². The van der Waals surface area contributed by atoms with Crippen LogP contribution in [0.1, 0.15) is 35.3 Å². The van der Waals surface area contributed by atoms with Crippen LogP contribution in [0.3, 0.4) is 0 Å². The van der Waals surface area contributed by atoms with Gasteiger partial charge < -0.3 is 4.57 Å². The van der Waals surface area contributed by atoms with Gasteiger partial charge >= 0.3 is 0 Å². The number of hydrogen-bond acceptors (Lipinski definition) is 2. The van der Waals surface area contributed by atoms with Crippen LogP contribution < -0.4 is 10.9 Å². The lowest BCUT2D eigenvalue weighted by Crippen LogP contribution is -2.42. The van der Waals surface area contributed by atoms with Gasteiger partial charge in [-0.1, -0.05) is 19.1 Å². The molecule has 0 bridgehead atoms. The van der Waals surface area contributed by atoms with Crippen molar-refractivity contribution < 1.29 is 14.0 Å². The number of carbonyl (C=O) groups excluding carboxylic acids is 2. The molecule has 122 valence electrons. The molecule has 1 unspecified atom stereocenters. The van der Waals surface area contributed by atoms with E-state index in [4.69, 9.17) is 0 Å². The van der Waals surface area contributed by atoms with E-state index in [1.54, 1.807) is 36.0 Å². The molecule has 0 fully saturated rings. The molecular formula is C16H17BrFN3O2. The molecule has 0 saturated heterocycles. The van der Waals surface area contributed by atoms with Gasteiger partial charge in [0.05, 0.1) is 0 Å². The number of nitrogens with one attached hydrogen (secondary N) is 2. The molecule has 1 heterocycles. The Bertz CT molecular complexity index is 713. The first kappa shape index (κ1) is 17.2. The van der Waals surface area contributed by atoms with Crippen molar-refractivity contribution in [1.82, 2.24) is 15.4 Å². The molecule has 0 aliphatic heterocycles. The van der Waals surface area contributed by atoms with E-state index in [1.165, 1.54) is 12.1 Å². The maximum Gasteiger partial charge on any atom is 0.286 e. The summed E-state index contributed by atoms with van der Waals surface area (Å²) >= 11 is 3.28. The highest BCUT2D eigenvalue weighted by Crippen LogP contribution is 2.19. The Labute approximate surface area is 142 Å². The summed E-state index contributed by atoms with van der Waals surface area (Å²) in [5.74, 6) is -1.12. The molecule has 0 saturated carbocycles. The fourth-order valence-corrected chi connectivity index (χ4v) is 2.70. The molecule has 7 heteroatoms. The molecule has 0 spiro atoms. The van der Waals surface area contributed by atoms with Crippen molar-refractivity contribution in [3.05, 3.63) is 58.1 Å². The first-order valence-corrected chi connectivity index (χ1v) is 7.82. The second-order valence-electron chi connectivity index (χ2n) is 5.31. The number of nitrogens with zero attached hydrogens (tertiary/aromatic N) is 1. The highest BCUT2D eigenvalue weighted by Gasteiger charge is 2.14. The number of aryl methyl sites for hydroxylation is 1. The quantitative estimate of drug-likeness (QED) is 0.799. The summed E-state index contributed by atoms with van der Waals surface area (Å²) in [5.41, 5.74) is 6.05. The molecular weight excluding hydrogens is 365 g/mol. The van der Waals surface area contributed by atoms with Crippen LogP contribution >= 0.6 is 15.9 Å². The van der Waals surface area contributed by atoms with Crippen LogP contribution in [0, 0.1) is 5.82 Å². The Hall–Kier alpha value is -2.15.